The van der Waals surface area contributed by atoms with Crippen LogP contribution in [0.5, 0.6) is 0 Å². The molecule has 0 spiro atoms. The number of nitro groups is 1. The van der Waals surface area contributed by atoms with Gasteiger partial charge in [0.05, 0.1) is 16.0 Å². The van der Waals surface area contributed by atoms with E-state index in [4.69, 9.17) is 0 Å². The lowest BCUT2D eigenvalue weighted by Crippen LogP contribution is -1.87. The second-order valence-electron chi connectivity index (χ2n) is 3.08. The predicted molar refractivity (Wildman–Crippen MR) is 60.2 cm³/mol. The van der Waals surface area contributed by atoms with Crippen LogP contribution in [0.4, 0.5) is 5.69 Å². The topological polar surface area (TPSA) is 71.8 Å². The summed E-state index contributed by atoms with van der Waals surface area (Å²) in [6.45, 7) is 0. The van der Waals surface area contributed by atoms with E-state index in [2.05, 4.69) is 25.9 Å². The lowest BCUT2D eigenvalue weighted by molar-refractivity contribution is -0.384. The number of nitrogens with one attached hydrogen (secondary N) is 1. The number of H-pyrrole nitrogens is 1. The Kier molecular flexibility index (Phi) is 2.68. The van der Waals surface area contributed by atoms with Crippen LogP contribution in [-0.4, -0.2) is 20.2 Å². The van der Waals surface area contributed by atoms with Crippen LogP contribution in [0.2, 0.25) is 0 Å². The molecule has 0 aliphatic heterocycles. The first-order valence-electron chi connectivity index (χ1n) is 4.39. The minimum Gasteiger partial charge on any atom is -0.342 e. The molecule has 0 amide bonds. The number of aromatic amines is 1. The molecule has 2 rings (SSSR count). The molecule has 0 aliphatic carbocycles. The van der Waals surface area contributed by atoms with Gasteiger partial charge in [-0.2, -0.15) is 0 Å². The number of hydrogen-bond donors (Lipinski definition) is 1. The third-order valence-electron chi connectivity index (χ3n) is 2.06. The summed E-state index contributed by atoms with van der Waals surface area (Å²) in [5.74, 6) is 0.836. The SMILES string of the molecule is O=[N+]([O-])c1ccc2nc(CCBr)[nH]c2c1. The molecule has 0 aliphatic rings. The van der Waals surface area contributed by atoms with Gasteiger partial charge in [0.1, 0.15) is 5.82 Å². The molecule has 0 saturated carbocycles. The third-order valence-corrected chi connectivity index (χ3v) is 2.45. The quantitative estimate of drug-likeness (QED) is 0.528. The molecule has 5 nitrogen and oxygen atoms in total. The molecule has 0 atom stereocenters. The first-order valence-corrected chi connectivity index (χ1v) is 5.52. The van der Waals surface area contributed by atoms with Crippen LogP contribution >= 0.6 is 15.9 Å². The first-order chi connectivity index (χ1) is 7.20. The molecule has 1 heterocycles. The van der Waals surface area contributed by atoms with Crippen LogP contribution in [0.1, 0.15) is 5.82 Å². The number of aryl methyl sites for hydroxylation is 1. The van der Waals surface area contributed by atoms with Gasteiger partial charge in [0.15, 0.2) is 0 Å². The molecule has 0 saturated heterocycles. The Morgan fingerprint density at radius 1 is 1.53 bits per heavy atom. The zero-order valence-corrected chi connectivity index (χ0v) is 9.32. The Hall–Kier alpha value is -1.43. The number of imidazole rings is 1. The van der Waals surface area contributed by atoms with Crippen LogP contribution in [0.15, 0.2) is 18.2 Å². The third kappa shape index (κ3) is 1.99. The van der Waals surface area contributed by atoms with E-state index in [9.17, 15) is 10.1 Å². The standard InChI is InChI=1S/C9H8BrN3O2/c10-4-3-9-11-7-2-1-6(13(14)15)5-8(7)12-9/h1-2,5H,3-4H2,(H,11,12). The van der Waals surface area contributed by atoms with Crippen molar-refractivity contribution in [2.75, 3.05) is 5.33 Å². The summed E-state index contributed by atoms with van der Waals surface area (Å²) in [4.78, 5) is 17.5. The van der Waals surface area contributed by atoms with E-state index >= 15 is 0 Å². The van der Waals surface area contributed by atoms with Gasteiger partial charge in [-0.15, -0.1) is 0 Å². The van der Waals surface area contributed by atoms with Gasteiger partial charge in [0.25, 0.3) is 5.69 Å². The highest BCUT2D eigenvalue weighted by atomic mass is 79.9. The highest BCUT2D eigenvalue weighted by Gasteiger charge is 2.08. The van der Waals surface area contributed by atoms with E-state index < -0.39 is 4.92 Å². The van der Waals surface area contributed by atoms with Gasteiger partial charge in [-0.25, -0.2) is 4.98 Å². The van der Waals surface area contributed by atoms with E-state index in [-0.39, 0.29) is 5.69 Å². The molecule has 0 fully saturated rings. The van der Waals surface area contributed by atoms with Gasteiger partial charge in [-0.3, -0.25) is 10.1 Å². The van der Waals surface area contributed by atoms with Gasteiger partial charge >= 0.3 is 0 Å². The van der Waals surface area contributed by atoms with Crippen LogP contribution in [0.3, 0.4) is 0 Å². The number of nitro benzene ring substituents is 1. The van der Waals surface area contributed by atoms with Crippen molar-refractivity contribution in [3.8, 4) is 0 Å². The van der Waals surface area contributed by atoms with Crippen molar-refractivity contribution in [3.63, 3.8) is 0 Å². The molecule has 1 N–H and O–H groups in total. The minimum atomic E-state index is -0.412. The van der Waals surface area contributed by atoms with Crippen molar-refractivity contribution in [1.82, 2.24) is 9.97 Å². The van der Waals surface area contributed by atoms with Gasteiger partial charge < -0.3 is 4.98 Å². The van der Waals surface area contributed by atoms with E-state index in [0.717, 1.165) is 23.1 Å². The summed E-state index contributed by atoms with van der Waals surface area (Å²) in [6, 6.07) is 4.61. The van der Waals surface area contributed by atoms with Gasteiger partial charge in [-0.1, -0.05) is 15.9 Å². The number of non-ortho nitro benzene ring substituents is 1. The van der Waals surface area contributed by atoms with Crippen molar-refractivity contribution in [2.45, 2.75) is 6.42 Å². The highest BCUT2D eigenvalue weighted by Crippen LogP contribution is 2.19. The normalized spacial score (nSPS) is 10.7. The molecule has 0 unspecified atom stereocenters. The number of aromatic nitrogens is 2. The number of benzene rings is 1. The van der Waals surface area contributed by atoms with Crippen molar-refractivity contribution in [1.29, 1.82) is 0 Å². The van der Waals surface area contributed by atoms with Gasteiger partial charge in [0, 0.05) is 23.9 Å². The second kappa shape index (κ2) is 3.98. The summed E-state index contributed by atoms with van der Waals surface area (Å²) in [5.41, 5.74) is 1.55. The van der Waals surface area contributed by atoms with Crippen molar-refractivity contribution >= 4 is 32.7 Å². The maximum atomic E-state index is 10.5. The molecule has 6 heteroatoms. The molecule has 0 radical (unpaired) electrons. The number of rotatable bonds is 3. The van der Waals surface area contributed by atoms with Crippen LogP contribution < -0.4 is 0 Å². The fourth-order valence-corrected chi connectivity index (χ4v) is 1.75. The largest absolute Gasteiger partial charge is 0.342 e. The average molecular weight is 270 g/mol. The Bertz CT molecular complexity index is 509. The van der Waals surface area contributed by atoms with Crippen LogP contribution in [0.25, 0.3) is 11.0 Å². The Morgan fingerprint density at radius 3 is 3.00 bits per heavy atom. The summed E-state index contributed by atoms with van der Waals surface area (Å²) in [5, 5.41) is 11.4. The zero-order valence-electron chi connectivity index (χ0n) is 7.74. The predicted octanol–water partition coefficient (Wildman–Crippen LogP) is 2.41. The van der Waals surface area contributed by atoms with Crippen LogP contribution in [0, 0.1) is 10.1 Å². The molecule has 1 aromatic carbocycles. The smallest absolute Gasteiger partial charge is 0.271 e. The van der Waals surface area contributed by atoms with Crippen molar-refractivity contribution in [2.24, 2.45) is 0 Å². The zero-order chi connectivity index (χ0) is 10.8. The lowest BCUT2D eigenvalue weighted by atomic mass is 10.3. The summed E-state index contributed by atoms with van der Waals surface area (Å²) >= 11 is 3.31. The van der Waals surface area contributed by atoms with E-state index in [0.29, 0.717) is 5.52 Å². The van der Waals surface area contributed by atoms with Gasteiger partial charge in [0.2, 0.25) is 0 Å². The molecular formula is C9H8BrN3O2. The monoisotopic (exact) mass is 269 g/mol. The van der Waals surface area contributed by atoms with Crippen molar-refractivity contribution < 1.29 is 4.92 Å². The van der Waals surface area contributed by atoms with E-state index in [1.165, 1.54) is 12.1 Å². The average Bonchev–Trinajstić information content (AvgIpc) is 2.59. The summed E-state index contributed by atoms with van der Waals surface area (Å²) in [7, 11) is 0. The minimum absolute atomic E-state index is 0.0801. The number of hydrogen-bond acceptors (Lipinski definition) is 3. The molecule has 0 bridgehead atoms. The summed E-state index contributed by atoms with van der Waals surface area (Å²) < 4.78 is 0. The molecule has 2 aromatic rings. The highest BCUT2D eigenvalue weighted by molar-refractivity contribution is 9.09. The number of fused-ring (bicyclic) bond motifs is 1. The maximum absolute atomic E-state index is 10.5. The Morgan fingerprint density at radius 2 is 2.33 bits per heavy atom. The second-order valence-corrected chi connectivity index (χ2v) is 3.87. The molecule has 1 aromatic heterocycles. The van der Waals surface area contributed by atoms with E-state index in [1.54, 1.807) is 6.07 Å². The van der Waals surface area contributed by atoms with Crippen LogP contribution in [-0.2, 0) is 6.42 Å². The first kappa shape index (κ1) is 10.1. The number of alkyl halides is 1. The summed E-state index contributed by atoms with van der Waals surface area (Å²) in [6.07, 6.45) is 0.780. The molecule has 78 valence electrons. The van der Waals surface area contributed by atoms with E-state index in [1.807, 2.05) is 0 Å². The Balaban J connectivity index is 2.47. The number of halogens is 1. The molecule has 15 heavy (non-hydrogen) atoms. The Labute approximate surface area is 93.8 Å². The van der Waals surface area contributed by atoms with Gasteiger partial charge in [-0.05, 0) is 6.07 Å². The number of nitrogens with zero attached hydrogens (tertiary/aromatic N) is 2. The lowest BCUT2D eigenvalue weighted by Gasteiger charge is -1.89. The fraction of sp³-hybridized carbons (Fsp3) is 0.222. The van der Waals surface area contributed by atoms with Crippen molar-refractivity contribution in [3.05, 3.63) is 34.1 Å². The molecular weight excluding hydrogens is 262 g/mol. The fourth-order valence-electron chi connectivity index (χ4n) is 1.37. The maximum Gasteiger partial charge on any atom is 0.271 e.